The first-order valence-corrected chi connectivity index (χ1v) is 5.98. The molecule has 0 bridgehead atoms. The topological polar surface area (TPSA) is 47.1 Å². The van der Waals surface area contributed by atoms with E-state index in [4.69, 9.17) is 9.47 Å². The molecule has 1 N–H and O–H groups in total. The number of nitrogens with one attached hydrogen (secondary N) is 1. The Morgan fingerprint density at radius 2 is 1.58 bits per heavy atom. The summed E-state index contributed by atoms with van der Waals surface area (Å²) in [5.41, 5.74) is 2.91. The second kappa shape index (κ2) is 4.65. The van der Waals surface area contributed by atoms with Crippen molar-refractivity contribution >= 4 is 11.0 Å². The Morgan fingerprint density at radius 1 is 0.895 bits per heavy atom. The van der Waals surface area contributed by atoms with Gasteiger partial charge >= 0.3 is 0 Å². The molecule has 0 aliphatic rings. The van der Waals surface area contributed by atoms with Crippen LogP contribution < -0.4 is 9.47 Å². The molecule has 1 heterocycles. The summed E-state index contributed by atoms with van der Waals surface area (Å²) < 4.78 is 10.4. The first-order chi connectivity index (χ1) is 9.30. The van der Waals surface area contributed by atoms with E-state index in [1.807, 2.05) is 42.5 Å². The van der Waals surface area contributed by atoms with E-state index in [1.54, 1.807) is 14.2 Å². The van der Waals surface area contributed by atoms with Crippen molar-refractivity contribution in [1.29, 1.82) is 0 Å². The van der Waals surface area contributed by atoms with E-state index in [0.29, 0.717) is 0 Å². The molecule has 0 aliphatic carbocycles. The number of methoxy groups -OCH3 is 2. The molecule has 1 aromatic heterocycles. The number of H-pyrrole nitrogens is 1. The third-order valence-electron chi connectivity index (χ3n) is 3.05. The number of hydrogen-bond acceptors (Lipinski definition) is 3. The van der Waals surface area contributed by atoms with Crippen molar-refractivity contribution in [2.24, 2.45) is 0 Å². The Kier molecular flexibility index (Phi) is 2.83. The molecular weight excluding hydrogens is 240 g/mol. The Morgan fingerprint density at radius 3 is 2.26 bits per heavy atom. The van der Waals surface area contributed by atoms with Crippen molar-refractivity contribution < 1.29 is 9.47 Å². The summed E-state index contributed by atoms with van der Waals surface area (Å²) >= 11 is 0. The van der Waals surface area contributed by atoms with Gasteiger partial charge in [-0.2, -0.15) is 0 Å². The number of nitrogens with zero attached hydrogens (tertiary/aromatic N) is 1. The van der Waals surface area contributed by atoms with Gasteiger partial charge in [-0.05, 0) is 36.4 Å². The summed E-state index contributed by atoms with van der Waals surface area (Å²) in [6.45, 7) is 0. The molecule has 4 nitrogen and oxygen atoms in total. The average Bonchev–Trinajstić information content (AvgIpc) is 2.90. The highest BCUT2D eigenvalue weighted by molar-refractivity contribution is 5.80. The number of ether oxygens (including phenoxy) is 2. The maximum Gasteiger partial charge on any atom is 0.138 e. The van der Waals surface area contributed by atoms with E-state index < -0.39 is 0 Å². The zero-order valence-corrected chi connectivity index (χ0v) is 10.8. The molecule has 0 unspecified atom stereocenters. The molecule has 0 radical (unpaired) electrons. The standard InChI is InChI=1S/C15H14N2O2/c1-18-11-5-3-10(4-6-11)15-16-13-8-7-12(19-2)9-14(13)17-15/h3-9H,1-2H3,(H,16,17). The van der Waals surface area contributed by atoms with Gasteiger partial charge in [-0.3, -0.25) is 0 Å². The van der Waals surface area contributed by atoms with E-state index in [9.17, 15) is 0 Å². The highest BCUT2D eigenvalue weighted by atomic mass is 16.5. The normalized spacial score (nSPS) is 10.6. The molecule has 3 rings (SSSR count). The highest BCUT2D eigenvalue weighted by Crippen LogP contribution is 2.24. The van der Waals surface area contributed by atoms with Crippen LogP contribution in [-0.4, -0.2) is 24.2 Å². The second-order valence-corrected chi connectivity index (χ2v) is 4.20. The first kappa shape index (κ1) is 11.6. The fourth-order valence-electron chi connectivity index (χ4n) is 2.00. The average molecular weight is 254 g/mol. The molecule has 0 spiro atoms. The highest BCUT2D eigenvalue weighted by Gasteiger charge is 2.06. The van der Waals surface area contributed by atoms with E-state index in [2.05, 4.69) is 9.97 Å². The summed E-state index contributed by atoms with van der Waals surface area (Å²) in [7, 11) is 3.31. The van der Waals surface area contributed by atoms with Gasteiger partial charge in [0, 0.05) is 11.6 Å². The maximum absolute atomic E-state index is 5.20. The van der Waals surface area contributed by atoms with Crippen LogP contribution in [0.3, 0.4) is 0 Å². The summed E-state index contributed by atoms with van der Waals surface area (Å²) in [4.78, 5) is 7.85. The molecule has 96 valence electrons. The number of rotatable bonds is 3. The molecule has 0 atom stereocenters. The monoisotopic (exact) mass is 254 g/mol. The van der Waals surface area contributed by atoms with Crippen LogP contribution in [0.15, 0.2) is 42.5 Å². The predicted octanol–water partition coefficient (Wildman–Crippen LogP) is 3.25. The number of imidazole rings is 1. The molecule has 0 fully saturated rings. The van der Waals surface area contributed by atoms with Gasteiger partial charge < -0.3 is 14.5 Å². The second-order valence-electron chi connectivity index (χ2n) is 4.20. The Balaban J connectivity index is 2.04. The zero-order valence-electron chi connectivity index (χ0n) is 10.8. The van der Waals surface area contributed by atoms with Crippen LogP contribution in [0, 0.1) is 0 Å². The minimum atomic E-state index is 0.817. The fourth-order valence-corrected chi connectivity index (χ4v) is 2.00. The third kappa shape index (κ3) is 2.12. The molecule has 2 aromatic carbocycles. The molecule has 0 saturated carbocycles. The minimum Gasteiger partial charge on any atom is -0.497 e. The fraction of sp³-hybridized carbons (Fsp3) is 0.133. The zero-order chi connectivity index (χ0) is 13.2. The van der Waals surface area contributed by atoms with Crippen LogP contribution in [0.25, 0.3) is 22.4 Å². The Hall–Kier alpha value is -2.49. The van der Waals surface area contributed by atoms with Gasteiger partial charge in [0.25, 0.3) is 0 Å². The van der Waals surface area contributed by atoms with Crippen molar-refractivity contribution in [2.45, 2.75) is 0 Å². The smallest absolute Gasteiger partial charge is 0.138 e. The first-order valence-electron chi connectivity index (χ1n) is 5.98. The quantitative estimate of drug-likeness (QED) is 0.780. The number of hydrogen-bond donors (Lipinski definition) is 1. The van der Waals surface area contributed by atoms with E-state index in [0.717, 1.165) is 33.9 Å². The van der Waals surface area contributed by atoms with Gasteiger partial charge in [0.05, 0.1) is 25.3 Å². The van der Waals surface area contributed by atoms with Gasteiger partial charge in [-0.1, -0.05) is 0 Å². The van der Waals surface area contributed by atoms with Crippen molar-refractivity contribution in [1.82, 2.24) is 9.97 Å². The van der Waals surface area contributed by atoms with Gasteiger partial charge in [0.2, 0.25) is 0 Å². The van der Waals surface area contributed by atoms with Crippen molar-refractivity contribution in [2.75, 3.05) is 14.2 Å². The lowest BCUT2D eigenvalue weighted by molar-refractivity contribution is 0.415. The molecule has 0 aliphatic heterocycles. The Labute approximate surface area is 111 Å². The predicted molar refractivity (Wildman–Crippen MR) is 74.6 cm³/mol. The summed E-state index contributed by atoms with van der Waals surface area (Å²) in [6, 6.07) is 13.6. The molecule has 3 aromatic rings. The van der Waals surface area contributed by atoms with Crippen molar-refractivity contribution in [3.63, 3.8) is 0 Å². The lowest BCUT2D eigenvalue weighted by atomic mass is 10.2. The van der Waals surface area contributed by atoms with Crippen LogP contribution in [0.2, 0.25) is 0 Å². The molecule has 4 heteroatoms. The van der Waals surface area contributed by atoms with Gasteiger partial charge in [-0.15, -0.1) is 0 Å². The van der Waals surface area contributed by atoms with E-state index in [-0.39, 0.29) is 0 Å². The molecule has 19 heavy (non-hydrogen) atoms. The number of fused-ring (bicyclic) bond motifs is 1. The van der Waals surface area contributed by atoms with Gasteiger partial charge in [0.15, 0.2) is 0 Å². The summed E-state index contributed by atoms with van der Waals surface area (Å²) in [6.07, 6.45) is 0. The Bertz CT molecular complexity index is 702. The van der Waals surface area contributed by atoms with Crippen LogP contribution in [-0.2, 0) is 0 Å². The lowest BCUT2D eigenvalue weighted by Gasteiger charge is -2.00. The molecule has 0 saturated heterocycles. The van der Waals surface area contributed by atoms with Crippen LogP contribution >= 0.6 is 0 Å². The van der Waals surface area contributed by atoms with Gasteiger partial charge in [0.1, 0.15) is 17.3 Å². The number of benzene rings is 2. The number of aromatic amines is 1. The SMILES string of the molecule is COc1ccc(-c2nc3ccc(OC)cc3[nH]2)cc1. The van der Waals surface area contributed by atoms with E-state index in [1.165, 1.54) is 0 Å². The largest absolute Gasteiger partial charge is 0.497 e. The lowest BCUT2D eigenvalue weighted by Crippen LogP contribution is -1.83. The van der Waals surface area contributed by atoms with Crippen molar-refractivity contribution in [3.05, 3.63) is 42.5 Å². The van der Waals surface area contributed by atoms with Gasteiger partial charge in [-0.25, -0.2) is 4.98 Å². The number of aromatic nitrogens is 2. The molecule has 0 amide bonds. The third-order valence-corrected chi connectivity index (χ3v) is 3.05. The maximum atomic E-state index is 5.20. The van der Waals surface area contributed by atoms with Crippen LogP contribution in [0.4, 0.5) is 0 Å². The van der Waals surface area contributed by atoms with Crippen LogP contribution in [0.5, 0.6) is 11.5 Å². The van der Waals surface area contributed by atoms with E-state index >= 15 is 0 Å². The minimum absolute atomic E-state index is 0.817. The van der Waals surface area contributed by atoms with Crippen LogP contribution in [0.1, 0.15) is 0 Å². The summed E-state index contributed by atoms with van der Waals surface area (Å²) in [5.74, 6) is 2.49. The molecular formula is C15H14N2O2. The summed E-state index contributed by atoms with van der Waals surface area (Å²) in [5, 5.41) is 0. The van der Waals surface area contributed by atoms with Crippen molar-refractivity contribution in [3.8, 4) is 22.9 Å².